The number of pyridine rings is 1. The number of aromatic amines is 1. The number of likely N-dealkylation sites (tertiary alicyclic amines) is 1. The number of fused-ring (bicyclic) bond motifs is 1. The van der Waals surface area contributed by atoms with Crippen LogP contribution < -0.4 is 5.56 Å². The van der Waals surface area contributed by atoms with Crippen LogP contribution in [0.5, 0.6) is 0 Å². The molecule has 1 unspecified atom stereocenters. The Hall–Kier alpha value is -2.25. The summed E-state index contributed by atoms with van der Waals surface area (Å²) in [5.74, 6) is 0.00216. The van der Waals surface area contributed by atoms with E-state index in [4.69, 9.17) is 0 Å². The van der Waals surface area contributed by atoms with Gasteiger partial charge in [-0.25, -0.2) is 4.39 Å². The summed E-state index contributed by atoms with van der Waals surface area (Å²) in [6, 6.07) is 6.00. The van der Waals surface area contributed by atoms with Crippen LogP contribution in [0.1, 0.15) is 30.1 Å². The second-order valence-corrected chi connectivity index (χ2v) is 8.45. The Labute approximate surface area is 170 Å². The number of benzene rings is 1. The molecule has 1 N–H and O–H groups in total. The molecule has 1 aromatic carbocycles. The summed E-state index contributed by atoms with van der Waals surface area (Å²) in [5.41, 5.74) is 0.332. The molecule has 29 heavy (non-hydrogen) atoms. The smallest absolute Gasteiger partial charge is 0.254 e. The lowest BCUT2D eigenvalue weighted by atomic mass is 9.88. The Bertz CT molecular complexity index is 943. The third-order valence-corrected chi connectivity index (χ3v) is 6.66. The van der Waals surface area contributed by atoms with Crippen LogP contribution >= 0.6 is 0 Å². The number of nitrogens with one attached hydrogen (secondary N) is 1. The summed E-state index contributed by atoms with van der Waals surface area (Å²) < 4.78 is 13.5. The van der Waals surface area contributed by atoms with Gasteiger partial charge in [-0.1, -0.05) is 0 Å². The van der Waals surface area contributed by atoms with Gasteiger partial charge in [0.15, 0.2) is 0 Å². The molecule has 2 fully saturated rings. The lowest BCUT2D eigenvalue weighted by molar-refractivity contribution is 0.0501. The number of aromatic nitrogens is 1. The Morgan fingerprint density at radius 1 is 1.10 bits per heavy atom. The Balaban J connectivity index is 1.44. The van der Waals surface area contributed by atoms with Gasteiger partial charge in [-0.2, -0.15) is 0 Å². The zero-order valence-electron chi connectivity index (χ0n) is 17.2. The van der Waals surface area contributed by atoms with Crippen molar-refractivity contribution >= 4 is 16.8 Å². The minimum atomic E-state index is -0.434. The van der Waals surface area contributed by atoms with E-state index in [1.54, 1.807) is 6.07 Å². The molecule has 3 heterocycles. The molecule has 0 radical (unpaired) electrons. The molecule has 0 spiro atoms. The fraction of sp³-hybridized carbons (Fsp3) is 0.545. The van der Waals surface area contributed by atoms with Crippen molar-refractivity contribution in [1.29, 1.82) is 0 Å². The van der Waals surface area contributed by atoms with Crippen molar-refractivity contribution in [3.63, 3.8) is 0 Å². The van der Waals surface area contributed by atoms with Crippen molar-refractivity contribution in [2.75, 3.05) is 46.3 Å². The first-order chi connectivity index (χ1) is 13.9. The average molecular weight is 400 g/mol. The normalized spacial score (nSPS) is 20.9. The minimum absolute atomic E-state index is 0.140. The molecule has 2 aliphatic rings. The summed E-state index contributed by atoms with van der Waals surface area (Å²) in [7, 11) is 2.17. The van der Waals surface area contributed by atoms with Gasteiger partial charge in [0.25, 0.3) is 5.91 Å². The number of likely N-dealkylation sites (N-methyl/N-ethyl adjacent to an activating group) is 1. The van der Waals surface area contributed by atoms with E-state index in [1.165, 1.54) is 18.2 Å². The first kappa shape index (κ1) is 20.0. The lowest BCUT2D eigenvalue weighted by Gasteiger charge is -2.42. The molecule has 0 bridgehead atoms. The maximum Gasteiger partial charge on any atom is 0.254 e. The van der Waals surface area contributed by atoms with E-state index in [-0.39, 0.29) is 11.5 Å². The van der Waals surface area contributed by atoms with Crippen molar-refractivity contribution in [3.05, 3.63) is 46.0 Å². The van der Waals surface area contributed by atoms with Gasteiger partial charge in [0.1, 0.15) is 5.82 Å². The van der Waals surface area contributed by atoms with Crippen molar-refractivity contribution < 1.29 is 9.18 Å². The van der Waals surface area contributed by atoms with Crippen molar-refractivity contribution in [1.82, 2.24) is 19.7 Å². The highest BCUT2D eigenvalue weighted by Crippen LogP contribution is 2.27. The van der Waals surface area contributed by atoms with Gasteiger partial charge in [-0.05, 0) is 50.9 Å². The van der Waals surface area contributed by atoms with Gasteiger partial charge in [-0.15, -0.1) is 0 Å². The van der Waals surface area contributed by atoms with E-state index in [9.17, 15) is 14.0 Å². The molecule has 1 aromatic heterocycles. The topological polar surface area (TPSA) is 59.7 Å². The van der Waals surface area contributed by atoms with Crippen molar-refractivity contribution in [2.24, 2.45) is 5.92 Å². The monoisotopic (exact) mass is 400 g/mol. The van der Waals surface area contributed by atoms with Crippen LogP contribution in [0.3, 0.4) is 0 Å². The lowest BCUT2D eigenvalue weighted by Crippen LogP contribution is -2.52. The zero-order valence-corrected chi connectivity index (χ0v) is 17.2. The van der Waals surface area contributed by atoms with Crippen LogP contribution in [0.15, 0.2) is 29.1 Å². The molecule has 2 aromatic rings. The fourth-order valence-electron chi connectivity index (χ4n) is 4.69. The van der Waals surface area contributed by atoms with Gasteiger partial charge in [0.2, 0.25) is 5.56 Å². The number of rotatable bonds is 3. The number of carbonyl (C=O) groups is 1. The number of hydrogen-bond acceptors (Lipinski definition) is 4. The summed E-state index contributed by atoms with van der Waals surface area (Å²) in [6.07, 6.45) is 1.93. The molecular formula is C22H29FN4O2. The fourth-order valence-corrected chi connectivity index (χ4v) is 4.69. The summed E-state index contributed by atoms with van der Waals surface area (Å²) in [4.78, 5) is 34.5. The van der Waals surface area contributed by atoms with Crippen LogP contribution in [-0.4, -0.2) is 77.9 Å². The molecule has 1 amide bonds. The van der Waals surface area contributed by atoms with Crippen LogP contribution in [0.25, 0.3) is 10.9 Å². The molecule has 7 heteroatoms. The molecule has 6 nitrogen and oxygen atoms in total. The van der Waals surface area contributed by atoms with Crippen LogP contribution in [-0.2, 0) is 0 Å². The van der Waals surface area contributed by atoms with Gasteiger partial charge >= 0.3 is 0 Å². The van der Waals surface area contributed by atoms with Gasteiger partial charge in [0.05, 0.1) is 11.1 Å². The Morgan fingerprint density at radius 3 is 2.48 bits per heavy atom. The van der Waals surface area contributed by atoms with Crippen LogP contribution in [0, 0.1) is 11.7 Å². The molecule has 1 atom stereocenters. The molecular weight excluding hydrogens is 371 g/mol. The van der Waals surface area contributed by atoms with E-state index in [0.717, 1.165) is 39.0 Å². The predicted octanol–water partition coefficient (Wildman–Crippen LogP) is 2.16. The SMILES string of the molecule is CC(C1CCN(C(=O)c2cc(=O)[nH]c3cc(F)ccc23)CC1)N1CCN(C)CC1. The molecule has 0 saturated carbocycles. The van der Waals surface area contributed by atoms with E-state index in [1.807, 2.05) is 4.90 Å². The number of amides is 1. The number of piperidine rings is 1. The van der Waals surface area contributed by atoms with E-state index in [0.29, 0.717) is 41.5 Å². The van der Waals surface area contributed by atoms with Gasteiger partial charge < -0.3 is 14.8 Å². The second kappa shape index (κ2) is 8.24. The summed E-state index contributed by atoms with van der Waals surface area (Å²) >= 11 is 0. The van der Waals surface area contributed by atoms with Crippen LogP contribution in [0.4, 0.5) is 4.39 Å². The predicted molar refractivity (Wildman–Crippen MR) is 112 cm³/mol. The zero-order chi connectivity index (χ0) is 20.5. The number of H-pyrrole nitrogens is 1. The Morgan fingerprint density at radius 2 is 1.79 bits per heavy atom. The van der Waals surface area contributed by atoms with E-state index < -0.39 is 5.82 Å². The molecule has 0 aliphatic carbocycles. The quantitative estimate of drug-likeness (QED) is 0.858. The van der Waals surface area contributed by atoms with Crippen LogP contribution in [0.2, 0.25) is 0 Å². The molecule has 156 valence electrons. The summed E-state index contributed by atoms with van der Waals surface area (Å²) in [5, 5.41) is 0.587. The first-order valence-electron chi connectivity index (χ1n) is 10.5. The number of carbonyl (C=O) groups excluding carboxylic acids is 1. The highest BCUT2D eigenvalue weighted by Gasteiger charge is 2.31. The highest BCUT2D eigenvalue weighted by atomic mass is 19.1. The van der Waals surface area contributed by atoms with Crippen molar-refractivity contribution in [3.8, 4) is 0 Å². The maximum absolute atomic E-state index is 13.5. The summed E-state index contributed by atoms with van der Waals surface area (Å²) in [6.45, 7) is 8.12. The average Bonchev–Trinajstić information content (AvgIpc) is 2.72. The molecule has 4 rings (SSSR count). The minimum Gasteiger partial charge on any atom is -0.339 e. The van der Waals surface area contributed by atoms with Gasteiger partial charge in [-0.3, -0.25) is 14.5 Å². The number of piperazine rings is 1. The van der Waals surface area contributed by atoms with E-state index >= 15 is 0 Å². The highest BCUT2D eigenvalue weighted by molar-refractivity contribution is 6.06. The largest absolute Gasteiger partial charge is 0.339 e. The maximum atomic E-state index is 13.5. The van der Waals surface area contributed by atoms with E-state index in [2.05, 4.69) is 28.8 Å². The molecule has 2 aliphatic heterocycles. The number of halogens is 1. The second-order valence-electron chi connectivity index (χ2n) is 8.45. The van der Waals surface area contributed by atoms with Gasteiger partial charge in [0, 0.05) is 56.8 Å². The standard InChI is InChI=1S/C22H29FN4O2/c1-15(26-11-9-25(2)10-12-26)16-5-7-27(8-6-16)22(29)19-14-21(28)24-20-13-17(23)3-4-18(19)20/h3-4,13-16H,5-12H2,1-2H3,(H,24,28). The Kier molecular flexibility index (Phi) is 5.69. The number of nitrogens with zero attached hydrogens (tertiary/aromatic N) is 3. The first-order valence-corrected chi connectivity index (χ1v) is 10.5. The third kappa shape index (κ3) is 4.21. The molecule has 2 saturated heterocycles. The number of hydrogen-bond donors (Lipinski definition) is 1. The third-order valence-electron chi connectivity index (χ3n) is 6.66. The van der Waals surface area contributed by atoms with Crippen molar-refractivity contribution in [2.45, 2.75) is 25.8 Å².